The van der Waals surface area contributed by atoms with E-state index < -0.39 is 58.7 Å². The number of alkyl halides is 3. The molecule has 2 aromatic carbocycles. The summed E-state index contributed by atoms with van der Waals surface area (Å²) in [4.78, 5) is 58.9. The summed E-state index contributed by atoms with van der Waals surface area (Å²) in [5.74, 6) is -3.37. The number of H-pyrrole nitrogens is 1. The predicted molar refractivity (Wildman–Crippen MR) is 181 cm³/mol. The van der Waals surface area contributed by atoms with Crippen molar-refractivity contribution in [1.29, 1.82) is 0 Å². The Labute approximate surface area is 289 Å². The molecule has 1 aromatic heterocycles. The summed E-state index contributed by atoms with van der Waals surface area (Å²) in [7, 11) is 0. The highest BCUT2D eigenvalue weighted by atomic mass is 19.4. The number of nitrogens with zero attached hydrogens (tertiary/aromatic N) is 1. The van der Waals surface area contributed by atoms with Gasteiger partial charge < -0.3 is 31.2 Å². The van der Waals surface area contributed by atoms with Crippen LogP contribution in [0.2, 0.25) is 0 Å². The Kier molecular flexibility index (Phi) is 12.7. The lowest BCUT2D eigenvalue weighted by Crippen LogP contribution is -2.65. The Bertz CT molecular complexity index is 1690. The van der Waals surface area contributed by atoms with E-state index in [0.717, 1.165) is 19.2 Å². The number of rotatable bonds is 15. The Morgan fingerprint density at radius 1 is 0.980 bits per heavy atom. The molecule has 4 rings (SSSR count). The third-order valence-corrected chi connectivity index (χ3v) is 9.59. The molecule has 0 aliphatic heterocycles. The molecule has 0 bridgehead atoms. The van der Waals surface area contributed by atoms with Crippen LogP contribution in [0, 0.1) is 11.7 Å². The highest BCUT2D eigenvalue weighted by Crippen LogP contribution is 2.40. The summed E-state index contributed by atoms with van der Waals surface area (Å²) in [6.45, 7) is 9.81. The number of fused-ring (bicyclic) bond motifs is 3. The van der Waals surface area contributed by atoms with Gasteiger partial charge >= 0.3 is 6.18 Å². The molecule has 0 fully saturated rings. The van der Waals surface area contributed by atoms with E-state index in [4.69, 9.17) is 0 Å². The van der Waals surface area contributed by atoms with Crippen molar-refractivity contribution >= 4 is 34.5 Å². The van der Waals surface area contributed by atoms with Crippen molar-refractivity contribution in [1.82, 2.24) is 31.2 Å². The van der Waals surface area contributed by atoms with E-state index in [0.29, 0.717) is 30.8 Å². The van der Waals surface area contributed by atoms with Gasteiger partial charge in [0.2, 0.25) is 23.6 Å². The van der Waals surface area contributed by atoms with Crippen molar-refractivity contribution in [2.45, 2.75) is 77.6 Å². The van der Waals surface area contributed by atoms with Gasteiger partial charge in [-0.2, -0.15) is 13.2 Å². The number of hydrogen-bond donors (Lipinski definition) is 5. The molecule has 3 atom stereocenters. The number of carbonyl (C=O) groups is 4. The molecule has 5 N–H and O–H groups in total. The summed E-state index contributed by atoms with van der Waals surface area (Å²) in [6, 6.07) is 8.48. The largest absolute Gasteiger partial charge is 0.418 e. The maximum absolute atomic E-state index is 14.3. The first-order valence-electron chi connectivity index (χ1n) is 17.0. The summed E-state index contributed by atoms with van der Waals surface area (Å²) < 4.78 is 56.0. The Morgan fingerprint density at radius 2 is 1.70 bits per heavy atom. The third-order valence-electron chi connectivity index (χ3n) is 9.59. The zero-order chi connectivity index (χ0) is 36.6. The van der Waals surface area contributed by atoms with E-state index in [1.165, 1.54) is 30.3 Å². The van der Waals surface area contributed by atoms with Crippen LogP contribution in [0.4, 0.5) is 17.6 Å². The SMILES string of the molecule is CCC(C)[C@H](NC(=O)Cc1ccccc1F)C(=O)N[C@]1(C(=O)NCC(=O)NCCN(CC)CC)CCc2[nH]c3c(C(F)(F)F)cccc3c2C1. The van der Waals surface area contributed by atoms with Crippen molar-refractivity contribution in [3.63, 3.8) is 0 Å². The number of halogens is 4. The van der Waals surface area contributed by atoms with Gasteiger partial charge in [0.1, 0.15) is 17.4 Å². The zero-order valence-corrected chi connectivity index (χ0v) is 28.9. The number of hydrogen-bond acceptors (Lipinski definition) is 5. The maximum atomic E-state index is 14.3. The van der Waals surface area contributed by atoms with Crippen molar-refractivity contribution in [2.75, 3.05) is 32.7 Å². The van der Waals surface area contributed by atoms with Gasteiger partial charge in [-0.3, -0.25) is 19.2 Å². The molecule has 0 spiro atoms. The van der Waals surface area contributed by atoms with Crippen molar-refractivity contribution in [2.24, 2.45) is 5.92 Å². The van der Waals surface area contributed by atoms with Crippen LogP contribution < -0.4 is 21.3 Å². The fourth-order valence-corrected chi connectivity index (χ4v) is 6.40. The van der Waals surface area contributed by atoms with Crippen LogP contribution in [0.3, 0.4) is 0 Å². The molecule has 0 radical (unpaired) electrons. The fourth-order valence-electron chi connectivity index (χ4n) is 6.40. The second-order valence-corrected chi connectivity index (χ2v) is 12.8. The average molecular weight is 703 g/mol. The van der Waals surface area contributed by atoms with E-state index in [1.54, 1.807) is 13.0 Å². The fraction of sp³-hybridized carbons (Fsp3) is 0.500. The van der Waals surface area contributed by atoms with Crippen LogP contribution in [-0.2, 0) is 44.6 Å². The quantitative estimate of drug-likeness (QED) is 0.153. The Morgan fingerprint density at radius 3 is 2.36 bits per heavy atom. The van der Waals surface area contributed by atoms with Gasteiger partial charge in [0, 0.05) is 30.6 Å². The molecule has 4 amide bonds. The van der Waals surface area contributed by atoms with E-state index in [1.807, 2.05) is 20.8 Å². The molecule has 50 heavy (non-hydrogen) atoms. The summed E-state index contributed by atoms with van der Waals surface area (Å²) in [5.41, 5.74) is -1.52. The molecule has 3 aromatic rings. The minimum Gasteiger partial charge on any atom is -0.358 e. The molecular weight excluding hydrogens is 656 g/mol. The number of likely N-dealkylation sites (N-methyl/N-ethyl adjacent to an activating group) is 1. The number of aromatic amines is 1. The molecule has 272 valence electrons. The van der Waals surface area contributed by atoms with Gasteiger partial charge in [0.25, 0.3) is 0 Å². The van der Waals surface area contributed by atoms with E-state index in [9.17, 15) is 36.7 Å². The highest BCUT2D eigenvalue weighted by molar-refractivity contribution is 5.98. The molecule has 14 heteroatoms. The highest BCUT2D eigenvalue weighted by Gasteiger charge is 2.46. The first-order chi connectivity index (χ1) is 23.7. The first kappa shape index (κ1) is 38.3. The average Bonchev–Trinajstić information content (AvgIpc) is 3.45. The molecular formula is C36H46F4N6O4. The minimum atomic E-state index is -4.63. The zero-order valence-electron chi connectivity index (χ0n) is 28.9. The van der Waals surface area contributed by atoms with E-state index >= 15 is 0 Å². The van der Waals surface area contributed by atoms with Gasteiger partial charge in [-0.1, -0.05) is 64.4 Å². The lowest BCUT2D eigenvalue weighted by molar-refractivity contribution is -0.137. The molecule has 1 unspecified atom stereocenters. The summed E-state index contributed by atoms with van der Waals surface area (Å²) in [6.07, 6.45) is -4.51. The van der Waals surface area contributed by atoms with Crippen LogP contribution in [0.5, 0.6) is 0 Å². The monoisotopic (exact) mass is 702 g/mol. The first-order valence-corrected chi connectivity index (χ1v) is 17.0. The van der Waals surface area contributed by atoms with E-state index in [2.05, 4.69) is 31.2 Å². The minimum absolute atomic E-state index is 0.00568. The number of aromatic nitrogens is 1. The number of para-hydroxylation sites is 1. The van der Waals surface area contributed by atoms with Gasteiger partial charge in [-0.25, -0.2) is 4.39 Å². The van der Waals surface area contributed by atoms with Gasteiger partial charge in [0.15, 0.2) is 0 Å². The molecule has 0 saturated heterocycles. The lowest BCUT2D eigenvalue weighted by Gasteiger charge is -2.38. The molecule has 1 heterocycles. The number of nitrogens with one attached hydrogen (secondary N) is 5. The summed E-state index contributed by atoms with van der Waals surface area (Å²) in [5, 5.41) is 11.2. The molecule has 0 saturated carbocycles. The second-order valence-electron chi connectivity index (χ2n) is 12.8. The molecule has 1 aliphatic carbocycles. The smallest absolute Gasteiger partial charge is 0.358 e. The van der Waals surface area contributed by atoms with Crippen LogP contribution in [0.1, 0.15) is 62.9 Å². The lowest BCUT2D eigenvalue weighted by atomic mass is 9.78. The topological polar surface area (TPSA) is 135 Å². The third kappa shape index (κ3) is 9.01. The number of carbonyl (C=O) groups excluding carboxylic acids is 4. The number of aryl methyl sites for hydroxylation is 1. The van der Waals surface area contributed by atoms with Crippen LogP contribution in [-0.4, -0.2) is 77.8 Å². The van der Waals surface area contributed by atoms with Crippen LogP contribution in [0.15, 0.2) is 42.5 Å². The molecule has 10 nitrogen and oxygen atoms in total. The van der Waals surface area contributed by atoms with Crippen LogP contribution in [0.25, 0.3) is 10.9 Å². The second kappa shape index (κ2) is 16.5. The normalized spacial score (nSPS) is 17.1. The summed E-state index contributed by atoms with van der Waals surface area (Å²) >= 11 is 0. The van der Waals surface area contributed by atoms with Gasteiger partial charge in [0.05, 0.1) is 24.0 Å². The predicted octanol–water partition coefficient (Wildman–Crippen LogP) is 4.02. The Balaban J connectivity index is 1.61. The number of amides is 4. The van der Waals surface area contributed by atoms with Crippen molar-refractivity contribution < 1.29 is 36.7 Å². The maximum Gasteiger partial charge on any atom is 0.418 e. The van der Waals surface area contributed by atoms with Gasteiger partial charge in [-0.15, -0.1) is 0 Å². The Hall–Kier alpha value is -4.46. The molecule has 1 aliphatic rings. The van der Waals surface area contributed by atoms with E-state index in [-0.39, 0.29) is 48.7 Å². The van der Waals surface area contributed by atoms with Crippen LogP contribution >= 0.6 is 0 Å². The standard InChI is InChI=1S/C36H46F4N6O4/c1-5-22(4)31(44-29(47)19-23-11-8-9-14-27(23)37)33(49)45-35(34(50)42-21-30(48)41-17-18-46(6-2)7-3)16-15-28-25(20-35)24-12-10-13-26(32(24)43-28)36(38,39)40/h8-14,22,31,43H,5-7,15-21H2,1-4H3,(H,41,48)(H,42,50)(H,44,47)(H,45,49)/t22?,31-,35+/m0/s1. The van der Waals surface area contributed by atoms with Crippen molar-refractivity contribution in [3.05, 3.63) is 70.7 Å². The number of benzene rings is 2. The van der Waals surface area contributed by atoms with Crippen molar-refractivity contribution in [3.8, 4) is 0 Å². The van der Waals surface area contributed by atoms with Gasteiger partial charge in [-0.05, 0) is 55.1 Å².